The van der Waals surface area contributed by atoms with Crippen molar-refractivity contribution in [1.29, 1.82) is 0 Å². The van der Waals surface area contributed by atoms with E-state index in [4.69, 9.17) is 0 Å². The summed E-state index contributed by atoms with van der Waals surface area (Å²) in [4.78, 5) is 32.2. The molecule has 18 heavy (non-hydrogen) atoms. The monoisotopic (exact) mass is 248 g/mol. The van der Waals surface area contributed by atoms with Crippen LogP contribution in [0.2, 0.25) is 0 Å². The highest BCUT2D eigenvalue weighted by atomic mass is 16.2. The molecular formula is C10H12N6O2. The summed E-state index contributed by atoms with van der Waals surface area (Å²) in [6.07, 6.45) is 4.29. The van der Waals surface area contributed by atoms with Gasteiger partial charge in [-0.05, 0) is 6.07 Å². The Labute approximate surface area is 102 Å². The average Bonchev–Trinajstić information content (AvgIpc) is 2.84. The molecule has 0 aliphatic rings. The zero-order valence-corrected chi connectivity index (χ0v) is 9.78. The van der Waals surface area contributed by atoms with E-state index in [-0.39, 0.29) is 12.5 Å². The van der Waals surface area contributed by atoms with Gasteiger partial charge in [0.1, 0.15) is 18.7 Å². The molecular weight excluding hydrogens is 236 g/mol. The highest BCUT2D eigenvalue weighted by Gasteiger charge is 2.11. The van der Waals surface area contributed by atoms with E-state index in [1.807, 2.05) is 0 Å². The molecule has 2 aromatic rings. The Balaban J connectivity index is 2.00. The van der Waals surface area contributed by atoms with Gasteiger partial charge in [0.2, 0.25) is 5.91 Å². The fourth-order valence-electron chi connectivity index (χ4n) is 1.39. The van der Waals surface area contributed by atoms with Gasteiger partial charge in [0, 0.05) is 19.4 Å². The van der Waals surface area contributed by atoms with Crippen LogP contribution in [0.4, 0.5) is 0 Å². The molecule has 2 aromatic heterocycles. The van der Waals surface area contributed by atoms with Crippen molar-refractivity contribution in [1.82, 2.24) is 29.6 Å². The topological polar surface area (TPSA) is 96.8 Å². The highest BCUT2D eigenvalue weighted by Crippen LogP contribution is 1.96. The van der Waals surface area contributed by atoms with Crippen molar-refractivity contribution in [2.24, 2.45) is 0 Å². The van der Waals surface area contributed by atoms with Gasteiger partial charge in [-0.3, -0.25) is 14.5 Å². The van der Waals surface area contributed by atoms with Crippen LogP contribution >= 0.6 is 0 Å². The van der Waals surface area contributed by atoms with Crippen molar-refractivity contribution in [3.8, 4) is 0 Å². The van der Waals surface area contributed by atoms with E-state index in [0.29, 0.717) is 12.4 Å². The Morgan fingerprint density at radius 1 is 1.50 bits per heavy atom. The summed E-state index contributed by atoms with van der Waals surface area (Å²) in [5.41, 5.74) is -0.445. The number of carbonyl (C=O) groups excluding carboxylic acids is 1. The summed E-state index contributed by atoms with van der Waals surface area (Å²) in [6, 6.07) is 1.60. The number of hydrogen-bond acceptors (Lipinski definition) is 5. The Morgan fingerprint density at radius 3 is 3.00 bits per heavy atom. The molecule has 0 fully saturated rings. The Bertz CT molecular complexity index is 576. The summed E-state index contributed by atoms with van der Waals surface area (Å²) in [7, 11) is 1.63. The van der Waals surface area contributed by atoms with Crippen LogP contribution in [0.5, 0.6) is 0 Å². The number of nitrogens with one attached hydrogen (secondary N) is 1. The lowest BCUT2D eigenvalue weighted by molar-refractivity contribution is -0.131. The molecule has 1 amide bonds. The molecule has 0 saturated carbocycles. The smallest absolute Gasteiger partial charge is 0.337 e. The maximum atomic E-state index is 11.9. The van der Waals surface area contributed by atoms with Crippen LogP contribution in [0.1, 0.15) is 5.82 Å². The zero-order valence-electron chi connectivity index (χ0n) is 9.78. The highest BCUT2D eigenvalue weighted by molar-refractivity contribution is 5.75. The molecule has 0 radical (unpaired) electrons. The predicted molar refractivity (Wildman–Crippen MR) is 61.4 cm³/mol. The second-order valence-electron chi connectivity index (χ2n) is 3.71. The Morgan fingerprint density at radius 2 is 2.33 bits per heavy atom. The number of H-pyrrole nitrogens is 1. The molecule has 2 heterocycles. The minimum atomic E-state index is -0.445. The van der Waals surface area contributed by atoms with E-state index in [9.17, 15) is 9.59 Å². The lowest BCUT2D eigenvalue weighted by Crippen LogP contribution is -2.34. The van der Waals surface area contributed by atoms with Gasteiger partial charge in [-0.15, -0.1) is 0 Å². The number of aromatic amines is 1. The van der Waals surface area contributed by atoms with Crippen LogP contribution in [0.25, 0.3) is 0 Å². The maximum absolute atomic E-state index is 11.9. The van der Waals surface area contributed by atoms with Gasteiger partial charge in [-0.2, -0.15) is 5.10 Å². The van der Waals surface area contributed by atoms with E-state index in [2.05, 4.69) is 20.2 Å². The summed E-state index contributed by atoms with van der Waals surface area (Å²) < 4.78 is 1.25. The normalized spacial score (nSPS) is 10.3. The van der Waals surface area contributed by atoms with Crippen LogP contribution in [0, 0.1) is 0 Å². The van der Waals surface area contributed by atoms with Gasteiger partial charge in [0.25, 0.3) is 0 Å². The predicted octanol–water partition coefficient (Wildman–Crippen LogP) is -0.980. The molecule has 0 spiro atoms. The summed E-state index contributed by atoms with van der Waals surface area (Å²) in [5.74, 6) is 0.380. The molecule has 94 valence electrons. The van der Waals surface area contributed by atoms with E-state index >= 15 is 0 Å². The quantitative estimate of drug-likeness (QED) is 0.750. The molecule has 0 unspecified atom stereocenters. The Hall–Kier alpha value is -2.51. The fraction of sp³-hybridized carbons (Fsp3) is 0.300. The third-order valence-electron chi connectivity index (χ3n) is 2.37. The average molecular weight is 248 g/mol. The number of carbonyl (C=O) groups is 1. The largest absolute Gasteiger partial charge is 0.347 e. The summed E-state index contributed by atoms with van der Waals surface area (Å²) >= 11 is 0. The summed E-state index contributed by atoms with van der Waals surface area (Å²) in [6.45, 7) is 0.269. The minimum Gasteiger partial charge on any atom is -0.337 e. The lowest BCUT2D eigenvalue weighted by Gasteiger charge is -2.15. The number of nitrogens with zero attached hydrogens (tertiary/aromatic N) is 5. The van der Waals surface area contributed by atoms with Crippen LogP contribution in [-0.2, 0) is 17.9 Å². The van der Waals surface area contributed by atoms with Gasteiger partial charge in [0.05, 0.1) is 6.54 Å². The number of amides is 1. The van der Waals surface area contributed by atoms with Gasteiger partial charge in [0.15, 0.2) is 0 Å². The van der Waals surface area contributed by atoms with Crippen molar-refractivity contribution < 1.29 is 4.79 Å². The van der Waals surface area contributed by atoms with Crippen molar-refractivity contribution in [2.45, 2.75) is 13.1 Å². The van der Waals surface area contributed by atoms with Crippen LogP contribution in [0.15, 0.2) is 29.6 Å². The van der Waals surface area contributed by atoms with E-state index in [0.717, 1.165) is 0 Å². The molecule has 2 rings (SSSR count). The maximum Gasteiger partial charge on any atom is 0.347 e. The van der Waals surface area contributed by atoms with Crippen LogP contribution in [0.3, 0.4) is 0 Å². The first-order valence-electron chi connectivity index (χ1n) is 5.26. The van der Waals surface area contributed by atoms with E-state index in [1.54, 1.807) is 13.1 Å². The summed E-state index contributed by atoms with van der Waals surface area (Å²) in [5, 5.41) is 6.36. The van der Waals surface area contributed by atoms with Gasteiger partial charge >= 0.3 is 5.69 Å². The molecule has 0 aliphatic heterocycles. The molecule has 8 heteroatoms. The van der Waals surface area contributed by atoms with Crippen molar-refractivity contribution in [3.05, 3.63) is 41.1 Å². The second kappa shape index (κ2) is 5.21. The first-order valence-corrected chi connectivity index (χ1v) is 5.26. The Kier molecular flexibility index (Phi) is 3.46. The van der Waals surface area contributed by atoms with Crippen molar-refractivity contribution in [2.75, 3.05) is 7.05 Å². The number of aromatic nitrogens is 5. The SMILES string of the molecule is CN(Cc1ncn[nH]1)C(=O)Cn1cccnc1=O. The zero-order chi connectivity index (χ0) is 13.0. The van der Waals surface area contributed by atoms with Crippen LogP contribution in [-0.4, -0.2) is 42.6 Å². The fourth-order valence-corrected chi connectivity index (χ4v) is 1.39. The molecule has 0 atom stereocenters. The third-order valence-corrected chi connectivity index (χ3v) is 2.37. The van der Waals surface area contributed by atoms with Gasteiger partial charge < -0.3 is 4.90 Å². The number of rotatable bonds is 4. The minimum absolute atomic E-state index is 0.0443. The molecule has 8 nitrogen and oxygen atoms in total. The van der Waals surface area contributed by atoms with Gasteiger partial charge in [-0.25, -0.2) is 14.8 Å². The van der Waals surface area contributed by atoms with E-state index in [1.165, 1.54) is 28.2 Å². The second-order valence-corrected chi connectivity index (χ2v) is 3.71. The first-order chi connectivity index (χ1) is 8.66. The van der Waals surface area contributed by atoms with Gasteiger partial charge in [-0.1, -0.05) is 0 Å². The molecule has 0 bridgehead atoms. The third kappa shape index (κ3) is 2.78. The molecule has 0 aliphatic carbocycles. The molecule has 1 N–H and O–H groups in total. The van der Waals surface area contributed by atoms with Crippen molar-refractivity contribution in [3.63, 3.8) is 0 Å². The number of likely N-dealkylation sites (N-methyl/N-ethyl adjacent to an activating group) is 1. The standard InChI is InChI=1S/C10H12N6O2/c1-15(5-8-12-7-13-14-8)9(17)6-16-4-2-3-11-10(16)18/h2-4,7H,5-6H2,1H3,(H,12,13,14). The first kappa shape index (κ1) is 12.0. The van der Waals surface area contributed by atoms with Crippen molar-refractivity contribution >= 4 is 5.91 Å². The lowest BCUT2D eigenvalue weighted by atomic mass is 10.4. The molecule has 0 aromatic carbocycles. The van der Waals surface area contributed by atoms with E-state index < -0.39 is 5.69 Å². The van der Waals surface area contributed by atoms with Crippen LogP contribution < -0.4 is 5.69 Å². The molecule has 0 saturated heterocycles. The number of hydrogen-bond donors (Lipinski definition) is 1.